The van der Waals surface area contributed by atoms with E-state index in [1.54, 1.807) is 0 Å². The van der Waals surface area contributed by atoms with Gasteiger partial charge in [0.1, 0.15) is 40.8 Å². The van der Waals surface area contributed by atoms with Crippen molar-refractivity contribution >= 4 is 11.0 Å². The third-order valence-corrected chi connectivity index (χ3v) is 5.20. The lowest BCUT2D eigenvalue weighted by Crippen LogP contribution is -2.58. The molecule has 4 rings (SSSR count). The zero-order valence-corrected chi connectivity index (χ0v) is 16.5. The van der Waals surface area contributed by atoms with Crippen LogP contribution < -0.4 is 10.2 Å². The number of phenolic OH excluding ortho intramolecular Hbond substituents is 4. The quantitative estimate of drug-likeness (QED) is 0.276. The standard InChI is InChI=1S/C21H20O11/c1-7-15(26)17(28)18(29)21(30-7)32-20-16(27)14-12(25)5-9(22)6-13(14)31-19(20)8-2-3-10(23)11(24)4-8/h2-7,15,17-18,21-26,28-29H,1H3/t7-,15+,17+,18-,21+/m1/s1. The maximum absolute atomic E-state index is 13.2. The lowest BCUT2D eigenvalue weighted by molar-refractivity contribution is -0.268. The van der Waals surface area contributed by atoms with Gasteiger partial charge >= 0.3 is 0 Å². The summed E-state index contributed by atoms with van der Waals surface area (Å²) < 4.78 is 16.6. The van der Waals surface area contributed by atoms with E-state index in [0.29, 0.717) is 0 Å². The molecule has 1 aliphatic rings. The Kier molecular flexibility index (Phi) is 5.34. The Balaban J connectivity index is 1.92. The van der Waals surface area contributed by atoms with Crippen LogP contribution in [0, 0.1) is 0 Å². The van der Waals surface area contributed by atoms with E-state index in [4.69, 9.17) is 13.9 Å². The molecule has 1 saturated heterocycles. The zero-order chi connectivity index (χ0) is 23.3. The van der Waals surface area contributed by atoms with E-state index < -0.39 is 59.1 Å². The van der Waals surface area contributed by atoms with Gasteiger partial charge in [0, 0.05) is 17.7 Å². The molecule has 0 aliphatic carbocycles. The molecular formula is C21H20O11. The van der Waals surface area contributed by atoms with Crippen molar-refractivity contribution in [2.24, 2.45) is 0 Å². The number of aliphatic hydroxyl groups excluding tert-OH is 3. The molecule has 1 fully saturated rings. The minimum atomic E-state index is -1.74. The summed E-state index contributed by atoms with van der Waals surface area (Å²) in [5.74, 6) is -2.80. The molecule has 0 spiro atoms. The predicted octanol–water partition coefficient (Wildman–Crippen LogP) is 0.489. The number of fused-ring (bicyclic) bond motifs is 1. The maximum Gasteiger partial charge on any atom is 0.239 e. The first kappa shape index (κ1) is 21.7. The Morgan fingerprint density at radius 2 is 1.59 bits per heavy atom. The highest BCUT2D eigenvalue weighted by molar-refractivity contribution is 5.88. The molecule has 2 heterocycles. The topological polar surface area (TPSA) is 190 Å². The number of ether oxygens (including phenoxy) is 2. The van der Waals surface area contributed by atoms with Crippen LogP contribution in [0.5, 0.6) is 28.7 Å². The van der Waals surface area contributed by atoms with Crippen molar-refractivity contribution in [2.45, 2.75) is 37.6 Å². The SMILES string of the molecule is C[C@H]1O[C@@H](Oc2c(-c3ccc(O)c(O)c3)oc3cc(O)cc(O)c3c2=O)[C@H](O)[C@@H](O)[C@H]1O. The fraction of sp³-hybridized carbons (Fsp3) is 0.286. The first-order chi connectivity index (χ1) is 15.1. The smallest absolute Gasteiger partial charge is 0.239 e. The van der Waals surface area contributed by atoms with Crippen LogP contribution in [0.25, 0.3) is 22.3 Å². The minimum Gasteiger partial charge on any atom is -0.508 e. The Bertz CT molecular complexity index is 1230. The maximum atomic E-state index is 13.2. The van der Waals surface area contributed by atoms with E-state index >= 15 is 0 Å². The highest BCUT2D eigenvalue weighted by Gasteiger charge is 2.44. The first-order valence-electron chi connectivity index (χ1n) is 9.50. The van der Waals surface area contributed by atoms with Crippen LogP contribution in [0.4, 0.5) is 0 Å². The minimum absolute atomic E-state index is 0.0658. The molecular weight excluding hydrogens is 428 g/mol. The molecule has 11 nitrogen and oxygen atoms in total. The normalized spacial score (nSPS) is 25.7. The predicted molar refractivity (Wildman–Crippen MR) is 108 cm³/mol. The molecule has 32 heavy (non-hydrogen) atoms. The Morgan fingerprint density at radius 1 is 0.875 bits per heavy atom. The average Bonchev–Trinajstić information content (AvgIpc) is 2.73. The summed E-state index contributed by atoms with van der Waals surface area (Å²) in [4.78, 5) is 13.2. The number of hydrogen-bond donors (Lipinski definition) is 7. The molecule has 11 heteroatoms. The fourth-order valence-corrected chi connectivity index (χ4v) is 3.46. The van der Waals surface area contributed by atoms with E-state index in [0.717, 1.165) is 24.3 Å². The molecule has 0 radical (unpaired) electrons. The molecule has 5 atom stereocenters. The summed E-state index contributed by atoms with van der Waals surface area (Å²) in [6.45, 7) is 1.42. The second kappa shape index (κ2) is 7.88. The largest absolute Gasteiger partial charge is 0.508 e. The summed E-state index contributed by atoms with van der Waals surface area (Å²) in [6, 6.07) is 5.51. The molecule has 0 bridgehead atoms. The van der Waals surface area contributed by atoms with Gasteiger partial charge in [0.05, 0.1) is 6.10 Å². The lowest BCUT2D eigenvalue weighted by atomic mass is 10.00. The van der Waals surface area contributed by atoms with Gasteiger partial charge in [0.2, 0.25) is 17.5 Å². The third-order valence-electron chi connectivity index (χ3n) is 5.20. The van der Waals surface area contributed by atoms with Crippen molar-refractivity contribution in [1.29, 1.82) is 0 Å². The van der Waals surface area contributed by atoms with E-state index in [2.05, 4.69) is 0 Å². The van der Waals surface area contributed by atoms with Crippen LogP contribution >= 0.6 is 0 Å². The van der Waals surface area contributed by atoms with Gasteiger partial charge in [-0.05, 0) is 25.1 Å². The molecule has 1 aliphatic heterocycles. The number of hydrogen-bond acceptors (Lipinski definition) is 11. The second-order valence-electron chi connectivity index (χ2n) is 7.43. The molecule has 7 N–H and O–H groups in total. The number of aromatic hydroxyl groups is 4. The first-order valence-corrected chi connectivity index (χ1v) is 9.50. The third kappa shape index (κ3) is 3.56. The highest BCUT2D eigenvalue weighted by atomic mass is 16.7. The molecule has 170 valence electrons. The van der Waals surface area contributed by atoms with Crippen LogP contribution in [0.2, 0.25) is 0 Å². The highest BCUT2D eigenvalue weighted by Crippen LogP contribution is 2.39. The van der Waals surface area contributed by atoms with Crippen molar-refractivity contribution in [3.63, 3.8) is 0 Å². The zero-order valence-electron chi connectivity index (χ0n) is 16.5. The van der Waals surface area contributed by atoms with Crippen LogP contribution in [0.1, 0.15) is 6.92 Å². The Morgan fingerprint density at radius 3 is 2.28 bits per heavy atom. The van der Waals surface area contributed by atoms with E-state index in [-0.39, 0.29) is 28.0 Å². The van der Waals surface area contributed by atoms with Crippen molar-refractivity contribution < 1.29 is 49.6 Å². The summed E-state index contributed by atoms with van der Waals surface area (Å²) in [5, 5.41) is 69.2. The van der Waals surface area contributed by atoms with Gasteiger partial charge in [0.25, 0.3) is 0 Å². The van der Waals surface area contributed by atoms with Gasteiger partial charge in [-0.3, -0.25) is 4.79 Å². The van der Waals surface area contributed by atoms with Crippen LogP contribution in [0.3, 0.4) is 0 Å². The summed E-state index contributed by atoms with van der Waals surface area (Å²) in [5.41, 5.74) is -1.05. The molecule has 3 aromatic rings. The van der Waals surface area contributed by atoms with Crippen molar-refractivity contribution in [3.05, 3.63) is 40.6 Å². The lowest BCUT2D eigenvalue weighted by Gasteiger charge is -2.38. The summed E-state index contributed by atoms with van der Waals surface area (Å²) >= 11 is 0. The molecule has 0 amide bonds. The van der Waals surface area contributed by atoms with Gasteiger partial charge < -0.3 is 49.6 Å². The second-order valence-corrected chi connectivity index (χ2v) is 7.43. The van der Waals surface area contributed by atoms with Gasteiger partial charge in [-0.2, -0.15) is 0 Å². The van der Waals surface area contributed by atoms with Gasteiger partial charge in [-0.15, -0.1) is 0 Å². The number of rotatable bonds is 3. The molecule has 0 unspecified atom stereocenters. The average molecular weight is 448 g/mol. The van der Waals surface area contributed by atoms with Gasteiger partial charge in [-0.25, -0.2) is 0 Å². The van der Waals surface area contributed by atoms with Crippen LogP contribution in [0.15, 0.2) is 39.5 Å². The Hall–Kier alpha value is -3.51. The van der Waals surface area contributed by atoms with Crippen molar-refractivity contribution in [2.75, 3.05) is 0 Å². The van der Waals surface area contributed by atoms with E-state index in [9.17, 15) is 40.5 Å². The van der Waals surface area contributed by atoms with Crippen LogP contribution in [-0.4, -0.2) is 66.5 Å². The molecule has 2 aromatic carbocycles. The molecule has 1 aromatic heterocycles. The van der Waals surface area contributed by atoms with Gasteiger partial charge in [-0.1, -0.05) is 0 Å². The van der Waals surface area contributed by atoms with Crippen LogP contribution in [-0.2, 0) is 4.74 Å². The van der Waals surface area contributed by atoms with E-state index in [1.807, 2.05) is 0 Å². The summed E-state index contributed by atoms with van der Waals surface area (Å²) in [7, 11) is 0. The van der Waals surface area contributed by atoms with Crippen molar-refractivity contribution in [1.82, 2.24) is 0 Å². The number of benzene rings is 2. The Labute approximate surface area is 179 Å². The number of aliphatic hydroxyl groups is 3. The fourth-order valence-electron chi connectivity index (χ4n) is 3.46. The van der Waals surface area contributed by atoms with Gasteiger partial charge in [0.15, 0.2) is 17.3 Å². The number of phenols is 4. The van der Waals surface area contributed by atoms with Crippen molar-refractivity contribution in [3.8, 4) is 40.1 Å². The summed E-state index contributed by atoms with van der Waals surface area (Å²) in [6.07, 6.45) is -7.35. The van der Waals surface area contributed by atoms with E-state index in [1.165, 1.54) is 13.0 Å². The molecule has 0 saturated carbocycles. The monoisotopic (exact) mass is 448 g/mol.